The molecule has 1 heterocycles. The van der Waals surface area contributed by atoms with Gasteiger partial charge in [0.1, 0.15) is 5.82 Å². The van der Waals surface area contributed by atoms with E-state index in [9.17, 15) is 0 Å². The van der Waals surface area contributed by atoms with Crippen molar-refractivity contribution in [3.8, 4) is 0 Å². The first kappa shape index (κ1) is 7.65. The summed E-state index contributed by atoms with van der Waals surface area (Å²) in [6.07, 6.45) is 3.68. The number of anilines is 1. The second-order valence-electron chi connectivity index (χ2n) is 3.49. The van der Waals surface area contributed by atoms with Gasteiger partial charge in [0.25, 0.3) is 0 Å². The molecule has 2 N–H and O–H groups in total. The van der Waals surface area contributed by atoms with E-state index in [0.717, 1.165) is 18.8 Å². The van der Waals surface area contributed by atoms with Gasteiger partial charge in [0.05, 0.1) is 5.69 Å². The molecule has 1 saturated carbocycles. The first-order valence-electron chi connectivity index (χ1n) is 4.64. The lowest BCUT2D eigenvalue weighted by molar-refractivity contribution is 0.602. The summed E-state index contributed by atoms with van der Waals surface area (Å²) in [6.45, 7) is 3.08. The first-order valence-corrected chi connectivity index (χ1v) is 4.64. The number of rotatable bonds is 3. The number of nitrogen functional groups attached to an aromatic ring is 1. The first-order chi connectivity index (χ1) is 5.81. The van der Waals surface area contributed by atoms with Gasteiger partial charge in [-0.25, -0.2) is 4.68 Å². The molecule has 0 aliphatic heterocycles. The number of nitrogens with two attached hydrogens (primary N) is 1. The van der Waals surface area contributed by atoms with Gasteiger partial charge >= 0.3 is 0 Å². The third-order valence-electron chi connectivity index (χ3n) is 2.26. The van der Waals surface area contributed by atoms with E-state index in [-0.39, 0.29) is 0 Å². The van der Waals surface area contributed by atoms with Crippen molar-refractivity contribution in [1.29, 1.82) is 0 Å². The van der Waals surface area contributed by atoms with E-state index >= 15 is 0 Å². The Morgan fingerprint density at radius 3 is 3.00 bits per heavy atom. The number of aryl methyl sites for hydroxylation is 1. The molecule has 0 aromatic carbocycles. The van der Waals surface area contributed by atoms with Crippen LogP contribution in [0.4, 0.5) is 5.82 Å². The van der Waals surface area contributed by atoms with Crippen LogP contribution in [0.3, 0.4) is 0 Å². The van der Waals surface area contributed by atoms with Crippen LogP contribution < -0.4 is 5.73 Å². The molecular formula is C9H15N3. The van der Waals surface area contributed by atoms with Gasteiger partial charge < -0.3 is 5.73 Å². The largest absolute Gasteiger partial charge is 0.384 e. The SMILES string of the molecule is CCCn1nc(C2CC2)cc1N. The Bertz CT molecular complexity index is 273. The number of aromatic nitrogens is 2. The van der Waals surface area contributed by atoms with Gasteiger partial charge in [-0.15, -0.1) is 0 Å². The molecule has 3 nitrogen and oxygen atoms in total. The monoisotopic (exact) mass is 165 g/mol. The quantitative estimate of drug-likeness (QED) is 0.741. The lowest BCUT2D eigenvalue weighted by atomic mass is 10.3. The smallest absolute Gasteiger partial charge is 0.121 e. The molecule has 0 spiro atoms. The van der Waals surface area contributed by atoms with Gasteiger partial charge in [0.2, 0.25) is 0 Å². The maximum absolute atomic E-state index is 5.79. The minimum Gasteiger partial charge on any atom is -0.384 e. The molecule has 66 valence electrons. The molecule has 3 heteroatoms. The molecule has 2 rings (SSSR count). The summed E-state index contributed by atoms with van der Waals surface area (Å²) < 4.78 is 1.91. The summed E-state index contributed by atoms with van der Waals surface area (Å²) in [4.78, 5) is 0. The van der Waals surface area contributed by atoms with Crippen molar-refractivity contribution < 1.29 is 0 Å². The van der Waals surface area contributed by atoms with Crippen molar-refractivity contribution in [2.75, 3.05) is 5.73 Å². The van der Waals surface area contributed by atoms with Gasteiger partial charge in [-0.1, -0.05) is 6.92 Å². The fourth-order valence-corrected chi connectivity index (χ4v) is 1.42. The van der Waals surface area contributed by atoms with E-state index in [0.29, 0.717) is 5.92 Å². The minimum atomic E-state index is 0.713. The third-order valence-corrected chi connectivity index (χ3v) is 2.26. The van der Waals surface area contributed by atoms with Gasteiger partial charge in [-0.3, -0.25) is 0 Å². The highest BCUT2D eigenvalue weighted by Gasteiger charge is 2.26. The van der Waals surface area contributed by atoms with Crippen molar-refractivity contribution in [2.24, 2.45) is 0 Å². The van der Waals surface area contributed by atoms with E-state index in [4.69, 9.17) is 5.73 Å². The predicted octanol–water partition coefficient (Wildman–Crippen LogP) is 1.75. The Balaban J connectivity index is 2.18. The highest BCUT2D eigenvalue weighted by Crippen LogP contribution is 2.39. The lowest BCUT2D eigenvalue weighted by Crippen LogP contribution is -2.03. The zero-order valence-corrected chi connectivity index (χ0v) is 7.45. The highest BCUT2D eigenvalue weighted by molar-refractivity contribution is 5.33. The Kier molecular flexibility index (Phi) is 1.79. The normalized spacial score (nSPS) is 16.8. The third kappa shape index (κ3) is 1.31. The summed E-state index contributed by atoms with van der Waals surface area (Å²) in [7, 11) is 0. The van der Waals surface area contributed by atoms with E-state index in [1.54, 1.807) is 0 Å². The number of nitrogens with zero attached hydrogens (tertiary/aromatic N) is 2. The van der Waals surface area contributed by atoms with E-state index in [1.807, 2.05) is 10.7 Å². The Hall–Kier alpha value is -0.990. The molecular weight excluding hydrogens is 150 g/mol. The van der Waals surface area contributed by atoms with Crippen LogP contribution in [0.5, 0.6) is 0 Å². The maximum Gasteiger partial charge on any atom is 0.121 e. The maximum atomic E-state index is 5.79. The summed E-state index contributed by atoms with van der Waals surface area (Å²) in [5.41, 5.74) is 6.99. The van der Waals surface area contributed by atoms with Crippen molar-refractivity contribution in [3.05, 3.63) is 11.8 Å². The summed E-state index contributed by atoms with van der Waals surface area (Å²) in [5, 5.41) is 4.45. The molecule has 12 heavy (non-hydrogen) atoms. The van der Waals surface area contributed by atoms with Gasteiger partial charge in [0.15, 0.2) is 0 Å². The van der Waals surface area contributed by atoms with Crippen LogP contribution in [-0.2, 0) is 6.54 Å². The minimum absolute atomic E-state index is 0.713. The van der Waals surface area contributed by atoms with Crippen LogP contribution in [-0.4, -0.2) is 9.78 Å². The van der Waals surface area contributed by atoms with E-state index in [1.165, 1.54) is 18.5 Å². The average molecular weight is 165 g/mol. The second kappa shape index (κ2) is 2.81. The molecule has 0 atom stereocenters. The van der Waals surface area contributed by atoms with Crippen molar-refractivity contribution in [2.45, 2.75) is 38.6 Å². The molecule has 1 aromatic heterocycles. The van der Waals surface area contributed by atoms with E-state index in [2.05, 4.69) is 12.0 Å². The molecule has 0 bridgehead atoms. The molecule has 0 unspecified atom stereocenters. The Morgan fingerprint density at radius 1 is 1.67 bits per heavy atom. The van der Waals surface area contributed by atoms with Crippen molar-refractivity contribution >= 4 is 5.82 Å². The van der Waals surface area contributed by atoms with E-state index < -0.39 is 0 Å². The van der Waals surface area contributed by atoms with Crippen LogP contribution in [0.15, 0.2) is 6.07 Å². The fourth-order valence-electron chi connectivity index (χ4n) is 1.42. The topological polar surface area (TPSA) is 43.8 Å². The van der Waals surface area contributed by atoms with Crippen LogP contribution in [0, 0.1) is 0 Å². The molecule has 0 saturated heterocycles. The zero-order valence-electron chi connectivity index (χ0n) is 7.45. The number of hydrogen-bond donors (Lipinski definition) is 1. The lowest BCUT2D eigenvalue weighted by Gasteiger charge is -1.98. The van der Waals surface area contributed by atoms with Crippen LogP contribution in [0.1, 0.15) is 37.8 Å². The second-order valence-corrected chi connectivity index (χ2v) is 3.49. The molecule has 0 amide bonds. The fraction of sp³-hybridized carbons (Fsp3) is 0.667. The Labute approximate surface area is 72.6 Å². The van der Waals surface area contributed by atoms with Gasteiger partial charge in [-0.2, -0.15) is 5.10 Å². The molecule has 1 aromatic rings. The van der Waals surface area contributed by atoms with Gasteiger partial charge in [-0.05, 0) is 19.3 Å². The molecule has 1 fully saturated rings. The van der Waals surface area contributed by atoms with Gasteiger partial charge in [0, 0.05) is 18.5 Å². The number of hydrogen-bond acceptors (Lipinski definition) is 2. The predicted molar refractivity (Wildman–Crippen MR) is 48.9 cm³/mol. The summed E-state index contributed by atoms with van der Waals surface area (Å²) in [6, 6.07) is 2.02. The zero-order chi connectivity index (χ0) is 8.55. The standard InChI is InChI=1S/C9H15N3/c1-2-5-12-9(10)6-8(11-12)7-3-4-7/h6-7H,2-5,10H2,1H3. The highest BCUT2D eigenvalue weighted by atomic mass is 15.3. The van der Waals surface area contributed by atoms with Crippen LogP contribution >= 0.6 is 0 Å². The summed E-state index contributed by atoms with van der Waals surface area (Å²) >= 11 is 0. The molecule has 0 radical (unpaired) electrons. The average Bonchev–Trinajstić information content (AvgIpc) is 2.80. The van der Waals surface area contributed by atoms with Crippen LogP contribution in [0.2, 0.25) is 0 Å². The van der Waals surface area contributed by atoms with Crippen molar-refractivity contribution in [3.63, 3.8) is 0 Å². The van der Waals surface area contributed by atoms with Crippen LogP contribution in [0.25, 0.3) is 0 Å². The van der Waals surface area contributed by atoms with Crippen molar-refractivity contribution in [1.82, 2.24) is 9.78 Å². The Morgan fingerprint density at radius 2 is 2.42 bits per heavy atom. The summed E-state index contributed by atoms with van der Waals surface area (Å²) in [5.74, 6) is 1.53. The molecule has 1 aliphatic carbocycles. The molecule has 1 aliphatic rings.